The molecule has 82 valence electrons. The maximum Gasteiger partial charge on any atom is 0.176 e. The van der Waals surface area contributed by atoms with Gasteiger partial charge in [0, 0.05) is 17.3 Å². The maximum absolute atomic E-state index is 11.7. The van der Waals surface area contributed by atoms with Gasteiger partial charge in [0.1, 0.15) is 0 Å². The number of Topliss-reactive ketones (excluding diaryl/α,β-unsaturated/α-hetero) is 1. The van der Waals surface area contributed by atoms with Gasteiger partial charge in [0.15, 0.2) is 5.78 Å². The van der Waals surface area contributed by atoms with E-state index in [1.165, 1.54) is 0 Å². The summed E-state index contributed by atoms with van der Waals surface area (Å²) in [6.45, 7) is 6.31. The minimum atomic E-state index is 0.0791. The summed E-state index contributed by atoms with van der Waals surface area (Å²) >= 11 is 0. The Morgan fingerprint density at radius 2 is 2.13 bits per heavy atom. The standard InChI is InChI=1S/C12H18N2O/c1-8(2)14-7-12(15)10-5-4-9(3)11(13)6-10/h4-6,8,14H,7,13H2,1-3H3. The highest BCUT2D eigenvalue weighted by Gasteiger charge is 2.07. The minimum absolute atomic E-state index is 0.0791. The van der Waals surface area contributed by atoms with Gasteiger partial charge < -0.3 is 11.1 Å². The first-order chi connectivity index (χ1) is 7.00. The first kappa shape index (κ1) is 11.7. The lowest BCUT2D eigenvalue weighted by Gasteiger charge is -2.08. The van der Waals surface area contributed by atoms with Crippen molar-refractivity contribution in [3.63, 3.8) is 0 Å². The lowest BCUT2D eigenvalue weighted by atomic mass is 10.1. The molecule has 0 bridgehead atoms. The largest absolute Gasteiger partial charge is 0.398 e. The van der Waals surface area contributed by atoms with Crippen molar-refractivity contribution in [2.45, 2.75) is 26.8 Å². The molecule has 0 amide bonds. The molecule has 1 aromatic carbocycles. The number of hydrogen-bond donors (Lipinski definition) is 2. The zero-order valence-corrected chi connectivity index (χ0v) is 9.50. The fourth-order valence-electron chi connectivity index (χ4n) is 1.21. The molecule has 0 aliphatic heterocycles. The van der Waals surface area contributed by atoms with E-state index in [-0.39, 0.29) is 5.78 Å². The van der Waals surface area contributed by atoms with E-state index in [4.69, 9.17) is 5.73 Å². The molecule has 0 radical (unpaired) electrons. The lowest BCUT2D eigenvalue weighted by molar-refractivity contribution is 0.0988. The molecule has 1 rings (SSSR count). The Morgan fingerprint density at radius 3 is 2.67 bits per heavy atom. The summed E-state index contributed by atoms with van der Waals surface area (Å²) in [4.78, 5) is 11.7. The molecular weight excluding hydrogens is 188 g/mol. The molecule has 3 nitrogen and oxygen atoms in total. The van der Waals surface area contributed by atoms with Gasteiger partial charge in [0.2, 0.25) is 0 Å². The van der Waals surface area contributed by atoms with Crippen LogP contribution in [-0.4, -0.2) is 18.4 Å². The average Bonchev–Trinajstić information content (AvgIpc) is 2.18. The highest BCUT2D eigenvalue weighted by molar-refractivity contribution is 5.98. The van der Waals surface area contributed by atoms with Gasteiger partial charge in [-0.3, -0.25) is 4.79 Å². The molecule has 0 aliphatic rings. The third kappa shape index (κ3) is 3.36. The third-order valence-corrected chi connectivity index (χ3v) is 2.27. The predicted molar refractivity (Wildman–Crippen MR) is 63.1 cm³/mol. The second-order valence-corrected chi connectivity index (χ2v) is 4.03. The number of carbonyl (C=O) groups excluding carboxylic acids is 1. The van der Waals surface area contributed by atoms with E-state index >= 15 is 0 Å². The number of hydrogen-bond acceptors (Lipinski definition) is 3. The van der Waals surface area contributed by atoms with E-state index in [2.05, 4.69) is 5.32 Å². The smallest absolute Gasteiger partial charge is 0.176 e. The monoisotopic (exact) mass is 206 g/mol. The number of nitrogens with one attached hydrogen (secondary N) is 1. The number of nitrogen functional groups attached to an aromatic ring is 1. The maximum atomic E-state index is 11.7. The van der Waals surface area contributed by atoms with Crippen molar-refractivity contribution in [2.75, 3.05) is 12.3 Å². The Morgan fingerprint density at radius 1 is 1.47 bits per heavy atom. The van der Waals surface area contributed by atoms with Gasteiger partial charge in [-0.05, 0) is 18.6 Å². The highest BCUT2D eigenvalue weighted by atomic mass is 16.1. The Hall–Kier alpha value is -1.35. The van der Waals surface area contributed by atoms with Gasteiger partial charge in [-0.1, -0.05) is 26.0 Å². The fraction of sp³-hybridized carbons (Fsp3) is 0.417. The molecule has 0 fully saturated rings. The summed E-state index contributed by atoms with van der Waals surface area (Å²) in [5, 5.41) is 3.09. The van der Waals surface area contributed by atoms with Gasteiger partial charge in [-0.25, -0.2) is 0 Å². The lowest BCUT2D eigenvalue weighted by Crippen LogP contribution is -2.29. The van der Waals surface area contributed by atoms with Crippen LogP contribution in [-0.2, 0) is 0 Å². The van der Waals surface area contributed by atoms with E-state index in [1.54, 1.807) is 6.07 Å². The van der Waals surface area contributed by atoms with Gasteiger partial charge in [-0.2, -0.15) is 0 Å². The van der Waals surface area contributed by atoms with Gasteiger partial charge >= 0.3 is 0 Å². The highest BCUT2D eigenvalue weighted by Crippen LogP contribution is 2.13. The van der Waals surface area contributed by atoms with Crippen molar-refractivity contribution in [2.24, 2.45) is 0 Å². The number of rotatable bonds is 4. The van der Waals surface area contributed by atoms with Crippen molar-refractivity contribution in [3.05, 3.63) is 29.3 Å². The molecule has 0 unspecified atom stereocenters. The summed E-state index contributed by atoms with van der Waals surface area (Å²) in [6.07, 6.45) is 0. The Bertz CT molecular complexity index is 359. The Labute approximate surface area is 90.7 Å². The van der Waals surface area contributed by atoms with Crippen LogP contribution in [0.3, 0.4) is 0 Å². The number of benzene rings is 1. The molecule has 0 heterocycles. The summed E-state index contributed by atoms with van der Waals surface area (Å²) in [6, 6.07) is 5.74. The molecular formula is C12H18N2O. The Balaban J connectivity index is 2.70. The Kier molecular flexibility index (Phi) is 3.86. The van der Waals surface area contributed by atoms with E-state index in [1.807, 2.05) is 32.9 Å². The summed E-state index contributed by atoms with van der Waals surface area (Å²) in [7, 11) is 0. The molecule has 0 atom stereocenters. The van der Waals surface area contributed by atoms with E-state index in [0.717, 1.165) is 5.56 Å². The quantitative estimate of drug-likeness (QED) is 0.583. The zero-order chi connectivity index (χ0) is 11.4. The first-order valence-electron chi connectivity index (χ1n) is 5.13. The predicted octanol–water partition coefficient (Wildman–Crippen LogP) is 1.76. The van der Waals surface area contributed by atoms with Crippen molar-refractivity contribution < 1.29 is 4.79 Å². The van der Waals surface area contributed by atoms with Crippen LogP contribution in [0.2, 0.25) is 0 Å². The topological polar surface area (TPSA) is 55.1 Å². The van der Waals surface area contributed by atoms with E-state index < -0.39 is 0 Å². The molecule has 0 saturated heterocycles. The number of ketones is 1. The van der Waals surface area contributed by atoms with Crippen LogP contribution in [0.15, 0.2) is 18.2 Å². The number of carbonyl (C=O) groups is 1. The van der Waals surface area contributed by atoms with Crippen molar-refractivity contribution in [1.29, 1.82) is 0 Å². The van der Waals surface area contributed by atoms with Crippen molar-refractivity contribution >= 4 is 11.5 Å². The van der Waals surface area contributed by atoms with Gasteiger partial charge in [0.25, 0.3) is 0 Å². The van der Waals surface area contributed by atoms with Crippen LogP contribution >= 0.6 is 0 Å². The molecule has 0 aliphatic carbocycles. The van der Waals surface area contributed by atoms with Crippen molar-refractivity contribution in [1.82, 2.24) is 5.32 Å². The zero-order valence-electron chi connectivity index (χ0n) is 9.50. The number of nitrogens with two attached hydrogens (primary N) is 1. The molecule has 15 heavy (non-hydrogen) atoms. The van der Waals surface area contributed by atoms with E-state index in [0.29, 0.717) is 23.8 Å². The van der Waals surface area contributed by atoms with Crippen LogP contribution in [0.4, 0.5) is 5.69 Å². The normalized spacial score (nSPS) is 10.7. The van der Waals surface area contributed by atoms with E-state index in [9.17, 15) is 4.79 Å². The summed E-state index contributed by atoms with van der Waals surface area (Å²) in [5.74, 6) is 0.0791. The summed E-state index contributed by atoms with van der Waals surface area (Å²) in [5.41, 5.74) is 8.09. The fourth-order valence-corrected chi connectivity index (χ4v) is 1.21. The second-order valence-electron chi connectivity index (χ2n) is 4.03. The minimum Gasteiger partial charge on any atom is -0.398 e. The van der Waals surface area contributed by atoms with Crippen LogP contribution in [0.5, 0.6) is 0 Å². The third-order valence-electron chi connectivity index (χ3n) is 2.27. The molecule has 3 N–H and O–H groups in total. The molecule has 0 spiro atoms. The molecule has 1 aromatic rings. The molecule has 0 aromatic heterocycles. The van der Waals surface area contributed by atoms with Crippen LogP contribution < -0.4 is 11.1 Å². The SMILES string of the molecule is Cc1ccc(C(=O)CNC(C)C)cc1N. The van der Waals surface area contributed by atoms with Crippen molar-refractivity contribution in [3.8, 4) is 0 Å². The first-order valence-corrected chi connectivity index (χ1v) is 5.13. The molecule has 3 heteroatoms. The van der Waals surface area contributed by atoms with Crippen LogP contribution in [0, 0.1) is 6.92 Å². The average molecular weight is 206 g/mol. The number of aryl methyl sites for hydroxylation is 1. The summed E-state index contributed by atoms with van der Waals surface area (Å²) < 4.78 is 0. The van der Waals surface area contributed by atoms with Gasteiger partial charge in [0.05, 0.1) is 6.54 Å². The van der Waals surface area contributed by atoms with Crippen LogP contribution in [0.25, 0.3) is 0 Å². The van der Waals surface area contributed by atoms with Crippen LogP contribution in [0.1, 0.15) is 29.8 Å². The van der Waals surface area contributed by atoms with Gasteiger partial charge in [-0.15, -0.1) is 0 Å². The molecule has 0 saturated carbocycles. The number of anilines is 1. The second kappa shape index (κ2) is 4.94.